The van der Waals surface area contributed by atoms with Crippen molar-refractivity contribution < 1.29 is 71.8 Å². The van der Waals surface area contributed by atoms with Crippen LogP contribution >= 0.6 is 15.6 Å². The SMILES string of the molecule is CC/C=C\C[C@@H](O)/C=C/C=C\C=C\[C@@H](O)C/C=C\C/C=C\CCC(=O)OC[C@H](COP(=O)(O)OC[C@@H](O)COP(=O)(O)O)OC(=O)CCCCCCCCCCCC(C)C. The fraction of sp³-hybridized carbons (Fsp3) is 0.674. The Morgan fingerprint density at radius 3 is 1.72 bits per heavy atom. The number of aliphatic hydroxyl groups excluding tert-OH is 3. The Labute approximate surface area is 358 Å². The molecule has 0 fully saturated rings. The zero-order valence-corrected chi connectivity index (χ0v) is 37.7. The van der Waals surface area contributed by atoms with Gasteiger partial charge in [-0.15, -0.1) is 0 Å². The van der Waals surface area contributed by atoms with Gasteiger partial charge in [-0.3, -0.25) is 23.2 Å². The Morgan fingerprint density at radius 2 is 1.13 bits per heavy atom. The van der Waals surface area contributed by atoms with Gasteiger partial charge in [0.15, 0.2) is 6.10 Å². The number of carbonyl (C=O) groups excluding carboxylic acids is 2. The fourth-order valence-electron chi connectivity index (χ4n) is 5.20. The number of carbonyl (C=O) groups is 2. The van der Waals surface area contributed by atoms with E-state index in [2.05, 4.69) is 22.9 Å². The monoisotopic (exact) mass is 892 g/mol. The molecule has 0 rings (SSSR count). The molecule has 0 aliphatic carbocycles. The number of aliphatic hydroxyl groups is 3. The van der Waals surface area contributed by atoms with Crippen LogP contribution in [0.4, 0.5) is 0 Å². The van der Waals surface area contributed by atoms with Crippen molar-refractivity contribution in [3.05, 3.63) is 72.9 Å². The Hall–Kier alpha value is -2.52. The number of esters is 2. The Balaban J connectivity index is 4.75. The third kappa shape index (κ3) is 40.9. The molecule has 0 bridgehead atoms. The lowest BCUT2D eigenvalue weighted by Gasteiger charge is -2.20. The number of hydrogen-bond donors (Lipinski definition) is 6. The highest BCUT2D eigenvalue weighted by molar-refractivity contribution is 7.47. The van der Waals surface area contributed by atoms with Crippen molar-refractivity contribution in [3.8, 4) is 0 Å². The van der Waals surface area contributed by atoms with E-state index in [-0.39, 0.29) is 12.8 Å². The maximum absolute atomic E-state index is 12.6. The molecule has 17 heteroatoms. The molecule has 0 aliphatic heterocycles. The summed E-state index contributed by atoms with van der Waals surface area (Å²) in [4.78, 5) is 52.6. The smallest absolute Gasteiger partial charge is 0.462 e. The normalized spacial score (nSPS) is 15.9. The van der Waals surface area contributed by atoms with Crippen LogP contribution in [0.15, 0.2) is 72.9 Å². The molecule has 346 valence electrons. The standard InChI is InChI=1S/C43H74O15P2/c1-4-5-19-27-38(44)29-22-17-18-23-30-39(45)28-21-14-11-12-15-24-31-42(47)54-35-41(36-57-60(52,53)56-34-40(46)33-55-59(49,50)51)58-43(48)32-25-16-10-8-6-7-9-13-20-26-37(2)3/h5,12,14-15,17-19,21-23,29-30,37-41,44-46H,4,6-11,13,16,20,24-28,31-36H2,1-3H3,(H,52,53)(H2,49,50,51)/b15-12-,18-17-,19-5-,21-14-,29-22+,30-23+/t38-,39+,40+,41-/m1/s1. The first-order chi connectivity index (χ1) is 28.5. The van der Waals surface area contributed by atoms with Crippen LogP contribution in [-0.4, -0.2) is 92.8 Å². The van der Waals surface area contributed by atoms with Crippen molar-refractivity contribution in [2.24, 2.45) is 5.92 Å². The molecule has 0 amide bonds. The van der Waals surface area contributed by atoms with Gasteiger partial charge in [0.2, 0.25) is 0 Å². The molecular formula is C43H74O15P2. The lowest BCUT2D eigenvalue weighted by atomic mass is 10.0. The molecule has 0 saturated heterocycles. The molecule has 0 radical (unpaired) electrons. The summed E-state index contributed by atoms with van der Waals surface area (Å²) in [5.74, 6) is -0.467. The van der Waals surface area contributed by atoms with E-state index in [4.69, 9.17) is 23.8 Å². The summed E-state index contributed by atoms with van der Waals surface area (Å²) < 4.78 is 47.6. The number of hydrogen-bond acceptors (Lipinski definition) is 12. The minimum atomic E-state index is -4.88. The van der Waals surface area contributed by atoms with E-state index in [9.17, 15) is 38.9 Å². The highest BCUT2D eigenvalue weighted by atomic mass is 31.2. The van der Waals surface area contributed by atoms with Crippen LogP contribution in [0.5, 0.6) is 0 Å². The number of unbranched alkanes of at least 4 members (excludes halogenated alkanes) is 8. The summed E-state index contributed by atoms with van der Waals surface area (Å²) in [6.45, 7) is 3.61. The molecule has 60 heavy (non-hydrogen) atoms. The zero-order chi connectivity index (χ0) is 44.9. The van der Waals surface area contributed by atoms with Crippen LogP contribution in [0.25, 0.3) is 0 Å². The van der Waals surface area contributed by atoms with E-state index in [1.54, 1.807) is 42.5 Å². The fourth-order valence-corrected chi connectivity index (χ4v) is 6.36. The molecule has 0 aromatic carbocycles. The van der Waals surface area contributed by atoms with Gasteiger partial charge in [0.05, 0.1) is 32.0 Å². The van der Waals surface area contributed by atoms with Gasteiger partial charge in [-0.2, -0.15) is 0 Å². The van der Waals surface area contributed by atoms with Crippen LogP contribution in [0, 0.1) is 5.92 Å². The second kappa shape index (κ2) is 37.1. The topological polar surface area (TPSA) is 236 Å². The Kier molecular flexibility index (Phi) is 35.5. The number of allylic oxidation sites excluding steroid dienone is 8. The van der Waals surface area contributed by atoms with Crippen LogP contribution in [0.3, 0.4) is 0 Å². The van der Waals surface area contributed by atoms with E-state index in [1.165, 1.54) is 32.1 Å². The van der Waals surface area contributed by atoms with Crippen LogP contribution in [0.2, 0.25) is 0 Å². The average Bonchev–Trinajstić information content (AvgIpc) is 3.18. The van der Waals surface area contributed by atoms with Crippen LogP contribution in [0.1, 0.15) is 130 Å². The van der Waals surface area contributed by atoms with Crippen LogP contribution < -0.4 is 0 Å². The number of phosphoric ester groups is 2. The predicted octanol–water partition coefficient (Wildman–Crippen LogP) is 8.41. The number of rotatable bonds is 38. The minimum absolute atomic E-state index is 0.0109. The molecule has 15 nitrogen and oxygen atoms in total. The van der Waals surface area contributed by atoms with Gasteiger partial charge in [0, 0.05) is 12.8 Å². The third-order valence-corrected chi connectivity index (χ3v) is 9.89. The second-order valence-corrected chi connectivity index (χ2v) is 17.5. The quantitative estimate of drug-likeness (QED) is 0.0112. The molecule has 1 unspecified atom stereocenters. The molecule has 6 N–H and O–H groups in total. The predicted molar refractivity (Wildman–Crippen MR) is 232 cm³/mol. The molecule has 5 atom stereocenters. The van der Waals surface area contributed by atoms with Gasteiger partial charge in [-0.25, -0.2) is 9.13 Å². The van der Waals surface area contributed by atoms with E-state index in [1.807, 2.05) is 37.3 Å². The maximum atomic E-state index is 12.6. The first kappa shape index (κ1) is 57.5. The van der Waals surface area contributed by atoms with E-state index in [0.29, 0.717) is 32.1 Å². The van der Waals surface area contributed by atoms with Crippen molar-refractivity contribution in [3.63, 3.8) is 0 Å². The van der Waals surface area contributed by atoms with E-state index >= 15 is 0 Å². The molecule has 0 saturated carbocycles. The van der Waals surface area contributed by atoms with Crippen molar-refractivity contribution in [1.29, 1.82) is 0 Å². The van der Waals surface area contributed by atoms with Crippen molar-refractivity contribution in [2.75, 3.05) is 26.4 Å². The molecular weight excluding hydrogens is 818 g/mol. The lowest BCUT2D eigenvalue weighted by Crippen LogP contribution is -2.29. The summed E-state index contributed by atoms with van der Waals surface area (Å²) in [7, 11) is -9.73. The van der Waals surface area contributed by atoms with Crippen molar-refractivity contribution in [1.82, 2.24) is 0 Å². The molecule has 0 heterocycles. The maximum Gasteiger partial charge on any atom is 0.472 e. The average molecular weight is 893 g/mol. The van der Waals surface area contributed by atoms with Gasteiger partial charge >= 0.3 is 27.6 Å². The van der Waals surface area contributed by atoms with E-state index in [0.717, 1.165) is 38.0 Å². The third-order valence-electron chi connectivity index (χ3n) is 8.46. The summed E-state index contributed by atoms with van der Waals surface area (Å²) in [5.41, 5.74) is 0. The number of ether oxygens (including phenoxy) is 2. The Morgan fingerprint density at radius 1 is 0.600 bits per heavy atom. The first-order valence-electron chi connectivity index (χ1n) is 21.2. The molecule has 0 aliphatic rings. The van der Waals surface area contributed by atoms with Gasteiger partial charge in [-0.1, -0.05) is 151 Å². The highest BCUT2D eigenvalue weighted by Crippen LogP contribution is 2.43. The molecule has 0 aromatic rings. The summed E-state index contributed by atoms with van der Waals surface area (Å²) in [5, 5.41) is 29.7. The summed E-state index contributed by atoms with van der Waals surface area (Å²) in [6, 6.07) is 0. The second-order valence-electron chi connectivity index (χ2n) is 14.8. The summed E-state index contributed by atoms with van der Waals surface area (Å²) in [6.07, 6.45) is 31.4. The van der Waals surface area contributed by atoms with Gasteiger partial charge in [0.1, 0.15) is 12.7 Å². The highest BCUT2D eigenvalue weighted by Gasteiger charge is 2.28. The van der Waals surface area contributed by atoms with Crippen molar-refractivity contribution in [2.45, 2.75) is 154 Å². The molecule has 0 aromatic heterocycles. The lowest BCUT2D eigenvalue weighted by molar-refractivity contribution is -0.161. The largest absolute Gasteiger partial charge is 0.472 e. The molecule has 0 spiro atoms. The minimum Gasteiger partial charge on any atom is -0.462 e. The van der Waals surface area contributed by atoms with Gasteiger partial charge in [-0.05, 0) is 44.4 Å². The first-order valence-corrected chi connectivity index (χ1v) is 24.2. The van der Waals surface area contributed by atoms with Gasteiger partial charge in [0.25, 0.3) is 0 Å². The van der Waals surface area contributed by atoms with Crippen molar-refractivity contribution >= 4 is 27.6 Å². The summed E-state index contributed by atoms with van der Waals surface area (Å²) >= 11 is 0. The zero-order valence-electron chi connectivity index (χ0n) is 35.9. The van der Waals surface area contributed by atoms with Gasteiger partial charge < -0.3 is 39.5 Å². The number of phosphoric acid groups is 2. The van der Waals surface area contributed by atoms with E-state index < -0.39 is 78.4 Å². The van der Waals surface area contributed by atoms with Crippen LogP contribution in [-0.2, 0) is 41.8 Å². The Bertz CT molecular complexity index is 1390.